The molecule has 180 valence electrons. The molecule has 1 aliphatic carbocycles. The quantitative estimate of drug-likeness (QED) is 0.459. The number of methoxy groups -OCH3 is 1. The van der Waals surface area contributed by atoms with Crippen LogP contribution < -0.4 is 10.1 Å². The molecule has 1 aromatic carbocycles. The van der Waals surface area contributed by atoms with Gasteiger partial charge in [0, 0.05) is 24.2 Å². The standard InChI is InChI=1S/C26H29F2N3O3/c1-34-22-12-11-21-24(31-22)23(20(28)15-30-21)26(33)25(32)17-7-9-19(10-8-17)29-13-3-5-16-4-2-6-18(27)14-16/h2-6,11-12,14-15,17,19,25-26,29,32-33H,7-10,13H2,1H3/t17?,19?,25-,26-/m1/s1. The summed E-state index contributed by atoms with van der Waals surface area (Å²) in [6, 6.07) is 9.95. The summed E-state index contributed by atoms with van der Waals surface area (Å²) in [4.78, 5) is 8.27. The van der Waals surface area contributed by atoms with Crippen LogP contribution in [0.15, 0.2) is 48.7 Å². The fourth-order valence-electron chi connectivity index (χ4n) is 4.57. The predicted octanol–water partition coefficient (Wildman–Crippen LogP) is 4.17. The maximum atomic E-state index is 14.7. The van der Waals surface area contributed by atoms with E-state index in [1.165, 1.54) is 19.2 Å². The molecule has 1 saturated carbocycles. The van der Waals surface area contributed by atoms with Crippen molar-refractivity contribution < 1.29 is 23.7 Å². The van der Waals surface area contributed by atoms with Crippen LogP contribution >= 0.6 is 0 Å². The van der Waals surface area contributed by atoms with Crippen molar-refractivity contribution in [3.05, 3.63) is 71.4 Å². The minimum absolute atomic E-state index is 0.0564. The van der Waals surface area contributed by atoms with Crippen LogP contribution in [-0.2, 0) is 0 Å². The SMILES string of the molecule is COc1ccc2ncc(F)c([C@@H](O)[C@H](O)C3CCC(NCC=Cc4cccc(F)c4)CC3)c2n1. The molecule has 6 nitrogen and oxygen atoms in total. The average Bonchev–Trinajstić information content (AvgIpc) is 2.86. The zero-order valence-corrected chi connectivity index (χ0v) is 19.0. The first kappa shape index (κ1) is 24.2. The Morgan fingerprint density at radius 3 is 2.68 bits per heavy atom. The number of halogens is 2. The number of hydrogen-bond donors (Lipinski definition) is 3. The van der Waals surface area contributed by atoms with Crippen molar-refractivity contribution in [3.63, 3.8) is 0 Å². The van der Waals surface area contributed by atoms with Crippen LogP contribution in [0.3, 0.4) is 0 Å². The van der Waals surface area contributed by atoms with E-state index in [-0.39, 0.29) is 34.7 Å². The fourth-order valence-corrected chi connectivity index (χ4v) is 4.57. The van der Waals surface area contributed by atoms with Gasteiger partial charge < -0.3 is 20.3 Å². The Kier molecular flexibility index (Phi) is 7.82. The number of nitrogens with one attached hydrogen (secondary N) is 1. The number of pyridine rings is 2. The molecule has 2 aromatic heterocycles. The number of aliphatic hydroxyl groups excluding tert-OH is 2. The first-order chi connectivity index (χ1) is 16.5. The molecule has 3 aromatic rings. The van der Waals surface area contributed by atoms with E-state index in [9.17, 15) is 19.0 Å². The summed E-state index contributed by atoms with van der Waals surface area (Å²) in [5.74, 6) is -0.853. The van der Waals surface area contributed by atoms with Crippen LogP contribution in [0, 0.1) is 17.6 Å². The zero-order valence-electron chi connectivity index (χ0n) is 19.0. The first-order valence-electron chi connectivity index (χ1n) is 11.5. The number of ether oxygens (including phenoxy) is 1. The van der Waals surface area contributed by atoms with Gasteiger partial charge in [0.05, 0.1) is 24.9 Å². The van der Waals surface area contributed by atoms with Crippen LogP contribution in [0.25, 0.3) is 17.1 Å². The summed E-state index contributed by atoms with van der Waals surface area (Å²) in [6.07, 6.45) is 5.38. The first-order valence-corrected chi connectivity index (χ1v) is 11.5. The van der Waals surface area contributed by atoms with Crippen molar-refractivity contribution in [1.82, 2.24) is 15.3 Å². The predicted molar refractivity (Wildman–Crippen MR) is 126 cm³/mol. The maximum Gasteiger partial charge on any atom is 0.213 e. The fraction of sp³-hybridized carbons (Fsp3) is 0.385. The van der Waals surface area contributed by atoms with Gasteiger partial charge in [0.1, 0.15) is 23.3 Å². The molecule has 0 spiro atoms. The molecule has 1 aliphatic rings. The van der Waals surface area contributed by atoms with Gasteiger partial charge in [0.2, 0.25) is 5.88 Å². The van der Waals surface area contributed by atoms with Gasteiger partial charge in [-0.2, -0.15) is 0 Å². The molecular formula is C26H29F2N3O3. The van der Waals surface area contributed by atoms with E-state index in [4.69, 9.17) is 4.74 Å². The molecule has 0 bridgehead atoms. The molecule has 1 fully saturated rings. The number of fused-ring (bicyclic) bond motifs is 1. The summed E-state index contributed by atoms with van der Waals surface area (Å²) in [7, 11) is 1.45. The maximum absolute atomic E-state index is 14.7. The number of hydrogen-bond acceptors (Lipinski definition) is 6. The van der Waals surface area contributed by atoms with Crippen LogP contribution in [0.2, 0.25) is 0 Å². The molecular weight excluding hydrogens is 440 g/mol. The minimum Gasteiger partial charge on any atom is -0.481 e. The van der Waals surface area contributed by atoms with Gasteiger partial charge >= 0.3 is 0 Å². The third-order valence-corrected chi connectivity index (χ3v) is 6.44. The van der Waals surface area contributed by atoms with E-state index in [0.29, 0.717) is 24.9 Å². The summed E-state index contributed by atoms with van der Waals surface area (Å²) in [5, 5.41) is 25.3. The van der Waals surface area contributed by atoms with Crippen molar-refractivity contribution in [2.24, 2.45) is 5.92 Å². The zero-order chi connectivity index (χ0) is 24.1. The van der Waals surface area contributed by atoms with Gasteiger partial charge in [-0.3, -0.25) is 4.98 Å². The van der Waals surface area contributed by atoms with Gasteiger partial charge in [-0.25, -0.2) is 13.8 Å². The number of aliphatic hydroxyl groups is 2. The van der Waals surface area contributed by atoms with Gasteiger partial charge in [0.25, 0.3) is 0 Å². The van der Waals surface area contributed by atoms with E-state index >= 15 is 0 Å². The summed E-state index contributed by atoms with van der Waals surface area (Å²) >= 11 is 0. The highest BCUT2D eigenvalue weighted by Crippen LogP contribution is 2.35. The molecule has 0 radical (unpaired) electrons. The van der Waals surface area contributed by atoms with Crippen LogP contribution in [0.1, 0.15) is 42.9 Å². The lowest BCUT2D eigenvalue weighted by molar-refractivity contribution is -0.0315. The van der Waals surface area contributed by atoms with E-state index < -0.39 is 18.0 Å². The third kappa shape index (κ3) is 5.58. The topological polar surface area (TPSA) is 87.5 Å². The summed E-state index contributed by atoms with van der Waals surface area (Å²) < 4.78 is 33.0. The monoisotopic (exact) mass is 469 g/mol. The van der Waals surface area contributed by atoms with E-state index in [2.05, 4.69) is 15.3 Å². The molecule has 0 saturated heterocycles. The Balaban J connectivity index is 1.34. The van der Waals surface area contributed by atoms with Gasteiger partial charge in [-0.15, -0.1) is 0 Å². The number of rotatable bonds is 8. The molecule has 8 heteroatoms. The number of benzene rings is 1. The van der Waals surface area contributed by atoms with E-state index in [0.717, 1.165) is 24.6 Å². The molecule has 4 rings (SSSR count). The highest BCUT2D eigenvalue weighted by molar-refractivity contribution is 5.78. The Hall–Kier alpha value is -2.94. The van der Waals surface area contributed by atoms with Crippen molar-refractivity contribution in [2.75, 3.05) is 13.7 Å². The second-order valence-corrected chi connectivity index (χ2v) is 8.65. The summed E-state index contributed by atoms with van der Waals surface area (Å²) in [6.45, 7) is 0.652. The van der Waals surface area contributed by atoms with Gasteiger partial charge in [0.15, 0.2) is 0 Å². The molecule has 2 atom stereocenters. The van der Waals surface area contributed by atoms with Crippen LogP contribution in [0.4, 0.5) is 8.78 Å². The average molecular weight is 470 g/mol. The van der Waals surface area contributed by atoms with Crippen molar-refractivity contribution >= 4 is 17.1 Å². The summed E-state index contributed by atoms with van der Waals surface area (Å²) in [5.41, 5.74) is 1.36. The smallest absolute Gasteiger partial charge is 0.213 e. The van der Waals surface area contributed by atoms with Gasteiger partial charge in [-0.1, -0.05) is 24.3 Å². The Morgan fingerprint density at radius 2 is 1.94 bits per heavy atom. The van der Waals surface area contributed by atoms with E-state index in [1.807, 2.05) is 18.2 Å². The third-order valence-electron chi connectivity index (χ3n) is 6.44. The molecule has 0 amide bonds. The minimum atomic E-state index is -1.42. The molecule has 34 heavy (non-hydrogen) atoms. The van der Waals surface area contributed by atoms with Crippen molar-refractivity contribution in [1.29, 1.82) is 0 Å². The molecule has 0 unspecified atom stereocenters. The van der Waals surface area contributed by atoms with Crippen LogP contribution in [-0.4, -0.2) is 46.0 Å². The lowest BCUT2D eigenvalue weighted by Crippen LogP contribution is -2.38. The molecule has 2 heterocycles. The molecule has 3 N–H and O–H groups in total. The van der Waals surface area contributed by atoms with Gasteiger partial charge in [-0.05, 0) is 55.4 Å². The Labute approximate surface area is 197 Å². The van der Waals surface area contributed by atoms with Crippen LogP contribution in [0.5, 0.6) is 5.88 Å². The highest BCUT2D eigenvalue weighted by atomic mass is 19.1. The molecule has 0 aliphatic heterocycles. The Bertz CT molecular complexity index is 1150. The normalized spacial score (nSPS) is 20.5. The number of aromatic nitrogens is 2. The lowest BCUT2D eigenvalue weighted by atomic mass is 9.80. The second-order valence-electron chi connectivity index (χ2n) is 8.65. The van der Waals surface area contributed by atoms with E-state index in [1.54, 1.807) is 18.2 Å². The number of nitrogens with zero attached hydrogens (tertiary/aromatic N) is 2. The lowest BCUT2D eigenvalue weighted by Gasteiger charge is -2.34. The van der Waals surface area contributed by atoms with Crippen molar-refractivity contribution in [2.45, 2.75) is 43.9 Å². The second kappa shape index (κ2) is 11.0. The largest absolute Gasteiger partial charge is 0.481 e. The Morgan fingerprint density at radius 1 is 1.15 bits per heavy atom. The van der Waals surface area contributed by atoms with Crippen molar-refractivity contribution in [3.8, 4) is 5.88 Å². The highest BCUT2D eigenvalue weighted by Gasteiger charge is 2.33.